The van der Waals surface area contributed by atoms with E-state index in [-0.39, 0.29) is 17.8 Å². The maximum atomic E-state index is 13.2. The van der Waals surface area contributed by atoms with Crippen molar-refractivity contribution in [3.8, 4) is 17.1 Å². The Morgan fingerprint density at radius 2 is 1.86 bits per heavy atom. The molecule has 0 unspecified atom stereocenters. The van der Waals surface area contributed by atoms with Crippen LogP contribution < -0.4 is 20.7 Å². The molecule has 2 aromatic carbocycles. The first-order valence-corrected chi connectivity index (χ1v) is 12.0. The molecular weight excluding hydrogens is 459 g/mol. The van der Waals surface area contributed by atoms with Crippen molar-refractivity contribution in [2.24, 2.45) is 0 Å². The third kappa shape index (κ3) is 5.41. The molecule has 1 saturated heterocycles. The van der Waals surface area contributed by atoms with Crippen molar-refractivity contribution >= 4 is 28.6 Å². The molecule has 0 spiro atoms. The molecule has 184 valence electrons. The number of rotatable bonds is 8. The standard InChI is InChI=1S/C27H27FN6O2/c1-2-36-26-24-22(33-27(34-26)30-16-17-5-9-19(28)10-6-17)14-13-21(32-24)18-7-11-20(12-8-18)31-25(35)23-4-3-15-29-23/h5-14,23,29H,2-4,15-16H2,1H3,(H,31,35)(H,30,33,34)/t23-/m0/s1. The molecular formula is C27H27FN6O2. The van der Waals surface area contributed by atoms with Gasteiger partial charge in [-0.1, -0.05) is 24.3 Å². The van der Waals surface area contributed by atoms with Gasteiger partial charge in [0.1, 0.15) is 5.82 Å². The third-order valence-corrected chi connectivity index (χ3v) is 5.98. The molecule has 0 radical (unpaired) electrons. The summed E-state index contributed by atoms with van der Waals surface area (Å²) in [6.45, 7) is 3.64. The lowest BCUT2D eigenvalue weighted by molar-refractivity contribution is -0.117. The summed E-state index contributed by atoms with van der Waals surface area (Å²) in [5, 5.41) is 9.34. The van der Waals surface area contributed by atoms with Crippen LogP contribution in [-0.4, -0.2) is 40.1 Å². The minimum absolute atomic E-state index is 0.00794. The quantitative estimate of drug-likeness (QED) is 0.336. The summed E-state index contributed by atoms with van der Waals surface area (Å²) in [5.74, 6) is 0.508. The molecule has 0 saturated carbocycles. The number of nitrogens with zero attached hydrogens (tertiary/aromatic N) is 3. The first kappa shape index (κ1) is 23.6. The van der Waals surface area contributed by atoms with Gasteiger partial charge >= 0.3 is 0 Å². The molecule has 1 atom stereocenters. The van der Waals surface area contributed by atoms with Crippen molar-refractivity contribution in [1.82, 2.24) is 20.3 Å². The highest BCUT2D eigenvalue weighted by Gasteiger charge is 2.21. The Bertz CT molecular complexity index is 1360. The van der Waals surface area contributed by atoms with E-state index in [9.17, 15) is 9.18 Å². The molecule has 3 N–H and O–H groups in total. The van der Waals surface area contributed by atoms with Crippen LogP contribution in [0.3, 0.4) is 0 Å². The van der Waals surface area contributed by atoms with Gasteiger partial charge in [0.25, 0.3) is 0 Å². The summed E-state index contributed by atoms with van der Waals surface area (Å²) in [4.78, 5) is 26.2. The lowest BCUT2D eigenvalue weighted by atomic mass is 10.1. The fourth-order valence-corrected chi connectivity index (χ4v) is 4.11. The van der Waals surface area contributed by atoms with E-state index in [1.165, 1.54) is 12.1 Å². The first-order chi connectivity index (χ1) is 17.6. The Morgan fingerprint density at radius 1 is 1.06 bits per heavy atom. The zero-order valence-corrected chi connectivity index (χ0v) is 19.9. The number of amides is 1. The van der Waals surface area contributed by atoms with Crippen LogP contribution in [0.4, 0.5) is 16.0 Å². The smallest absolute Gasteiger partial charge is 0.245 e. The number of hydrogen-bond donors (Lipinski definition) is 3. The maximum absolute atomic E-state index is 13.2. The second-order valence-corrected chi connectivity index (χ2v) is 8.55. The number of anilines is 2. The van der Waals surface area contributed by atoms with Crippen molar-refractivity contribution in [2.45, 2.75) is 32.4 Å². The van der Waals surface area contributed by atoms with Gasteiger partial charge in [0.05, 0.1) is 23.9 Å². The van der Waals surface area contributed by atoms with Crippen LogP contribution in [0.5, 0.6) is 5.88 Å². The van der Waals surface area contributed by atoms with Crippen LogP contribution in [0, 0.1) is 5.82 Å². The number of fused-ring (bicyclic) bond motifs is 1. The molecule has 4 aromatic rings. The molecule has 1 aliphatic heterocycles. The van der Waals surface area contributed by atoms with E-state index in [0.29, 0.717) is 36.0 Å². The summed E-state index contributed by atoms with van der Waals surface area (Å²) in [5.41, 5.74) is 4.50. The van der Waals surface area contributed by atoms with Crippen LogP contribution in [0.15, 0.2) is 60.7 Å². The molecule has 1 aliphatic rings. The number of hydrogen-bond acceptors (Lipinski definition) is 7. The number of carbonyl (C=O) groups excluding carboxylic acids is 1. The van der Waals surface area contributed by atoms with Gasteiger partial charge in [0, 0.05) is 17.8 Å². The van der Waals surface area contributed by atoms with Crippen LogP contribution in [0.2, 0.25) is 0 Å². The molecule has 1 fully saturated rings. The van der Waals surface area contributed by atoms with E-state index < -0.39 is 0 Å². The summed E-state index contributed by atoms with van der Waals surface area (Å²) in [7, 11) is 0. The van der Waals surface area contributed by atoms with Crippen molar-refractivity contribution in [1.29, 1.82) is 0 Å². The summed E-state index contributed by atoms with van der Waals surface area (Å²) < 4.78 is 18.9. The molecule has 1 amide bonds. The number of nitrogens with one attached hydrogen (secondary N) is 3. The maximum Gasteiger partial charge on any atom is 0.245 e. The average Bonchev–Trinajstić information content (AvgIpc) is 3.44. The van der Waals surface area contributed by atoms with E-state index in [4.69, 9.17) is 9.72 Å². The highest BCUT2D eigenvalue weighted by Crippen LogP contribution is 2.27. The van der Waals surface area contributed by atoms with Crippen LogP contribution >= 0.6 is 0 Å². The molecule has 2 aromatic heterocycles. The molecule has 8 nitrogen and oxygen atoms in total. The largest absolute Gasteiger partial charge is 0.476 e. The SMILES string of the molecule is CCOc1nc(NCc2ccc(F)cc2)nc2ccc(-c3ccc(NC(=O)[C@@H]4CCCN4)cc3)nc12. The number of aromatic nitrogens is 3. The highest BCUT2D eigenvalue weighted by molar-refractivity contribution is 5.95. The second kappa shape index (κ2) is 10.7. The van der Waals surface area contributed by atoms with E-state index in [2.05, 4.69) is 25.9 Å². The van der Waals surface area contributed by atoms with Crippen molar-refractivity contribution < 1.29 is 13.9 Å². The topological polar surface area (TPSA) is 101 Å². The monoisotopic (exact) mass is 486 g/mol. The minimum Gasteiger partial charge on any atom is -0.476 e. The molecule has 0 bridgehead atoms. The van der Waals surface area contributed by atoms with Crippen molar-refractivity contribution in [3.63, 3.8) is 0 Å². The first-order valence-electron chi connectivity index (χ1n) is 12.0. The fraction of sp³-hybridized carbons (Fsp3) is 0.259. The number of carbonyl (C=O) groups is 1. The van der Waals surface area contributed by atoms with Crippen molar-refractivity contribution in [2.75, 3.05) is 23.8 Å². The molecule has 0 aliphatic carbocycles. The molecule has 3 heterocycles. The van der Waals surface area contributed by atoms with Gasteiger partial charge in [0.15, 0.2) is 5.52 Å². The molecule has 5 rings (SSSR count). The number of pyridine rings is 1. The second-order valence-electron chi connectivity index (χ2n) is 8.55. The Balaban J connectivity index is 1.35. The van der Waals surface area contributed by atoms with Crippen molar-refractivity contribution in [3.05, 3.63) is 72.0 Å². The fourth-order valence-electron chi connectivity index (χ4n) is 4.11. The van der Waals surface area contributed by atoms with Gasteiger partial charge in [0.2, 0.25) is 17.7 Å². The number of halogens is 1. The predicted molar refractivity (Wildman–Crippen MR) is 137 cm³/mol. The van der Waals surface area contributed by atoms with Gasteiger partial charge < -0.3 is 20.7 Å². The Kier molecular flexibility index (Phi) is 6.99. The normalized spacial score (nSPS) is 15.1. The van der Waals surface area contributed by atoms with Gasteiger partial charge in [-0.2, -0.15) is 4.98 Å². The summed E-state index contributed by atoms with van der Waals surface area (Å²) in [6.07, 6.45) is 1.88. The summed E-state index contributed by atoms with van der Waals surface area (Å²) >= 11 is 0. The predicted octanol–water partition coefficient (Wildman–Crippen LogP) is 4.53. The Hall–Kier alpha value is -4.11. The van der Waals surface area contributed by atoms with Crippen LogP contribution in [-0.2, 0) is 11.3 Å². The van der Waals surface area contributed by atoms with Crippen LogP contribution in [0.25, 0.3) is 22.3 Å². The average molecular weight is 487 g/mol. The van der Waals surface area contributed by atoms with E-state index in [1.807, 2.05) is 43.3 Å². The van der Waals surface area contributed by atoms with Gasteiger partial charge in [-0.05, 0) is 68.3 Å². The van der Waals surface area contributed by atoms with E-state index >= 15 is 0 Å². The lowest BCUT2D eigenvalue weighted by Gasteiger charge is -2.12. The van der Waals surface area contributed by atoms with E-state index in [1.54, 1.807) is 12.1 Å². The zero-order valence-electron chi connectivity index (χ0n) is 19.9. The van der Waals surface area contributed by atoms with Gasteiger partial charge in [-0.3, -0.25) is 4.79 Å². The van der Waals surface area contributed by atoms with Gasteiger partial charge in [-0.15, -0.1) is 0 Å². The highest BCUT2D eigenvalue weighted by atomic mass is 19.1. The lowest BCUT2D eigenvalue weighted by Crippen LogP contribution is -2.35. The molecule has 9 heteroatoms. The van der Waals surface area contributed by atoms with Crippen LogP contribution in [0.1, 0.15) is 25.3 Å². The van der Waals surface area contributed by atoms with Gasteiger partial charge in [-0.25, -0.2) is 14.4 Å². The third-order valence-electron chi connectivity index (χ3n) is 5.98. The Morgan fingerprint density at radius 3 is 2.58 bits per heavy atom. The zero-order chi connectivity index (χ0) is 24.9. The minimum atomic E-state index is -0.276. The number of ether oxygens (including phenoxy) is 1. The summed E-state index contributed by atoms with van der Waals surface area (Å²) in [6, 6.07) is 17.5. The molecule has 36 heavy (non-hydrogen) atoms. The Labute approximate surface area is 208 Å². The number of benzene rings is 2. The van der Waals surface area contributed by atoms with E-state index in [0.717, 1.165) is 41.9 Å².